The predicted molar refractivity (Wildman–Crippen MR) is 139 cm³/mol. The maximum Gasteiger partial charge on any atom is 0.257 e. The van der Waals surface area contributed by atoms with Crippen molar-refractivity contribution in [2.45, 2.75) is 6.92 Å². The second kappa shape index (κ2) is 10.8. The Morgan fingerprint density at radius 3 is 2.31 bits per heavy atom. The second-order valence-electron chi connectivity index (χ2n) is 7.47. The molecule has 4 rings (SSSR count). The van der Waals surface area contributed by atoms with E-state index in [2.05, 4.69) is 37.6 Å². The number of halogens is 1. The lowest BCUT2D eigenvalue weighted by molar-refractivity contribution is 0.102. The minimum absolute atomic E-state index is 0.284. The van der Waals surface area contributed by atoms with E-state index in [-0.39, 0.29) is 11.7 Å². The first-order valence-electron chi connectivity index (χ1n) is 10.8. The highest BCUT2D eigenvalue weighted by Gasteiger charge is 2.11. The summed E-state index contributed by atoms with van der Waals surface area (Å²) in [6, 6.07) is 18.7. The van der Waals surface area contributed by atoms with Crippen molar-refractivity contribution >= 4 is 46.9 Å². The summed E-state index contributed by atoms with van der Waals surface area (Å²) in [7, 11) is 0. The van der Waals surface area contributed by atoms with Crippen LogP contribution in [-0.4, -0.2) is 22.6 Å². The highest BCUT2D eigenvalue weighted by atomic mass is 19.1. The van der Waals surface area contributed by atoms with E-state index in [1.165, 1.54) is 18.3 Å². The number of hydrogen-bond donors (Lipinski definition) is 3. The molecular weight excluding hydrogens is 443 g/mol. The molecule has 0 aliphatic carbocycles. The van der Waals surface area contributed by atoms with E-state index >= 15 is 0 Å². The third-order valence-corrected chi connectivity index (χ3v) is 5.11. The number of allylic oxidation sites excluding steroid dienone is 1. The van der Waals surface area contributed by atoms with Gasteiger partial charge in [-0.05, 0) is 80.4 Å². The van der Waals surface area contributed by atoms with Crippen LogP contribution in [0.25, 0.3) is 5.70 Å². The molecule has 0 radical (unpaired) electrons. The quantitative estimate of drug-likeness (QED) is 0.261. The number of nitrogens with one attached hydrogen (secondary N) is 3. The Morgan fingerprint density at radius 1 is 0.943 bits per heavy atom. The minimum atomic E-state index is -0.380. The third kappa shape index (κ3) is 5.94. The molecule has 2 aromatic carbocycles. The Hall–Kier alpha value is -4.85. The molecule has 0 fully saturated rings. The first-order valence-corrected chi connectivity index (χ1v) is 10.8. The second-order valence-corrected chi connectivity index (χ2v) is 7.47. The minimum Gasteiger partial charge on any atom is -0.355 e. The number of hydrogen-bond acceptors (Lipinski definition) is 6. The molecule has 4 aromatic rings. The van der Waals surface area contributed by atoms with Gasteiger partial charge in [0.1, 0.15) is 11.6 Å². The fourth-order valence-corrected chi connectivity index (χ4v) is 3.34. The van der Waals surface area contributed by atoms with Crippen molar-refractivity contribution in [3.05, 3.63) is 108 Å². The van der Waals surface area contributed by atoms with Crippen LogP contribution >= 0.6 is 0 Å². The molecule has 8 heteroatoms. The summed E-state index contributed by atoms with van der Waals surface area (Å²) < 4.78 is 13.8. The number of benzene rings is 2. The van der Waals surface area contributed by atoms with E-state index in [1.54, 1.807) is 36.7 Å². The van der Waals surface area contributed by atoms with Gasteiger partial charge in [-0.1, -0.05) is 6.08 Å². The Morgan fingerprint density at radius 2 is 1.66 bits per heavy atom. The number of aliphatic imine (C=N–C) groups is 1. The van der Waals surface area contributed by atoms with Crippen molar-refractivity contribution in [3.63, 3.8) is 0 Å². The average molecular weight is 467 g/mol. The largest absolute Gasteiger partial charge is 0.355 e. The summed E-state index contributed by atoms with van der Waals surface area (Å²) in [5.74, 6) is -0.163. The number of carbonyl (C=O) groups is 1. The zero-order valence-electron chi connectivity index (χ0n) is 19.0. The molecule has 0 saturated carbocycles. The van der Waals surface area contributed by atoms with E-state index in [9.17, 15) is 9.18 Å². The van der Waals surface area contributed by atoms with Crippen molar-refractivity contribution in [1.82, 2.24) is 9.97 Å². The molecule has 0 saturated heterocycles. The normalized spacial score (nSPS) is 11.0. The number of rotatable bonds is 8. The van der Waals surface area contributed by atoms with Gasteiger partial charge in [-0.25, -0.2) is 9.37 Å². The maximum atomic E-state index is 13.8. The predicted octanol–water partition coefficient (Wildman–Crippen LogP) is 6.42. The van der Waals surface area contributed by atoms with Crippen LogP contribution in [0.2, 0.25) is 0 Å². The first-order chi connectivity index (χ1) is 17.1. The molecule has 0 atom stereocenters. The lowest BCUT2D eigenvalue weighted by Crippen LogP contribution is -2.12. The van der Waals surface area contributed by atoms with Gasteiger partial charge in [0, 0.05) is 46.9 Å². The fraction of sp³-hybridized carbons (Fsp3) is 0.0370. The fourth-order valence-electron chi connectivity index (χ4n) is 3.34. The van der Waals surface area contributed by atoms with Crippen LogP contribution < -0.4 is 16.0 Å². The summed E-state index contributed by atoms with van der Waals surface area (Å²) in [5, 5.41) is 9.26. The monoisotopic (exact) mass is 466 g/mol. The molecule has 35 heavy (non-hydrogen) atoms. The summed E-state index contributed by atoms with van der Waals surface area (Å²) in [5.41, 5.74) is 4.60. The van der Waals surface area contributed by atoms with E-state index in [0.29, 0.717) is 34.0 Å². The summed E-state index contributed by atoms with van der Waals surface area (Å²) >= 11 is 0. The van der Waals surface area contributed by atoms with Gasteiger partial charge >= 0.3 is 0 Å². The molecule has 0 aliphatic rings. The number of amides is 1. The molecule has 2 aromatic heterocycles. The Balaban J connectivity index is 1.40. The van der Waals surface area contributed by atoms with E-state index in [0.717, 1.165) is 11.4 Å². The number of carbonyl (C=O) groups excluding carboxylic acids is 1. The van der Waals surface area contributed by atoms with Crippen LogP contribution in [-0.2, 0) is 0 Å². The number of pyridine rings is 2. The Labute approximate surface area is 202 Å². The van der Waals surface area contributed by atoms with Gasteiger partial charge in [-0.3, -0.25) is 14.8 Å². The lowest BCUT2D eigenvalue weighted by Gasteiger charge is -2.13. The van der Waals surface area contributed by atoms with Crippen LogP contribution in [0.5, 0.6) is 0 Å². The smallest absolute Gasteiger partial charge is 0.257 e. The average Bonchev–Trinajstić information content (AvgIpc) is 2.89. The topological polar surface area (TPSA) is 91.3 Å². The highest BCUT2D eigenvalue weighted by molar-refractivity contribution is 6.04. The zero-order chi connectivity index (χ0) is 24.6. The van der Waals surface area contributed by atoms with Crippen molar-refractivity contribution in [3.8, 4) is 0 Å². The maximum absolute atomic E-state index is 13.8. The Bertz CT molecular complexity index is 1350. The van der Waals surface area contributed by atoms with Gasteiger partial charge in [0.25, 0.3) is 5.91 Å². The van der Waals surface area contributed by atoms with Crippen LogP contribution in [0.1, 0.15) is 22.8 Å². The Kier molecular flexibility index (Phi) is 7.22. The van der Waals surface area contributed by atoms with Crippen LogP contribution in [0.3, 0.4) is 0 Å². The van der Waals surface area contributed by atoms with Gasteiger partial charge in [-0.2, -0.15) is 0 Å². The molecule has 0 aliphatic heterocycles. The summed E-state index contributed by atoms with van der Waals surface area (Å²) in [6.45, 7) is 5.36. The van der Waals surface area contributed by atoms with E-state index in [1.807, 2.05) is 43.3 Å². The molecule has 0 unspecified atom stereocenters. The standard InChI is InChI=1S/C27H23FN6O/c1-3-24(23-16-19(28)5-10-25(23)29-2)34-26-11-4-18(17-31-26)27(35)33-21-8-6-20(7-9-21)32-22-12-14-30-15-13-22/h3-17H,2H2,1H3,(H,30,32)(H,31,34)(H,33,35)/b24-3+. The first kappa shape index (κ1) is 23.3. The number of aromatic nitrogens is 2. The molecule has 174 valence electrons. The SMILES string of the molecule is C=Nc1ccc(F)cc1/C(=C\C)Nc1ccc(C(=O)Nc2ccc(Nc3ccncc3)cc2)cn1. The van der Waals surface area contributed by atoms with Crippen molar-refractivity contribution in [2.75, 3.05) is 16.0 Å². The van der Waals surface area contributed by atoms with Crippen molar-refractivity contribution in [2.24, 2.45) is 4.99 Å². The van der Waals surface area contributed by atoms with Gasteiger partial charge in [0.15, 0.2) is 0 Å². The molecule has 3 N–H and O–H groups in total. The summed E-state index contributed by atoms with van der Waals surface area (Å²) in [6.07, 6.45) is 6.69. The lowest BCUT2D eigenvalue weighted by atomic mass is 10.1. The number of nitrogens with zero attached hydrogens (tertiary/aromatic N) is 3. The van der Waals surface area contributed by atoms with Crippen LogP contribution in [0, 0.1) is 5.82 Å². The van der Waals surface area contributed by atoms with Crippen molar-refractivity contribution in [1.29, 1.82) is 0 Å². The van der Waals surface area contributed by atoms with E-state index < -0.39 is 0 Å². The number of anilines is 4. The van der Waals surface area contributed by atoms with Crippen molar-refractivity contribution < 1.29 is 9.18 Å². The van der Waals surface area contributed by atoms with E-state index in [4.69, 9.17) is 0 Å². The molecule has 7 nitrogen and oxygen atoms in total. The van der Waals surface area contributed by atoms with Crippen LogP contribution in [0.15, 0.2) is 96.4 Å². The molecular formula is C27H23FN6O. The van der Waals surface area contributed by atoms with Gasteiger partial charge in [0.05, 0.1) is 11.3 Å². The summed E-state index contributed by atoms with van der Waals surface area (Å²) in [4.78, 5) is 24.9. The van der Waals surface area contributed by atoms with Gasteiger partial charge in [0.2, 0.25) is 0 Å². The van der Waals surface area contributed by atoms with Gasteiger partial charge in [-0.15, -0.1) is 0 Å². The molecule has 1 amide bonds. The highest BCUT2D eigenvalue weighted by Crippen LogP contribution is 2.28. The molecule has 0 spiro atoms. The third-order valence-electron chi connectivity index (χ3n) is 5.11. The van der Waals surface area contributed by atoms with Gasteiger partial charge < -0.3 is 16.0 Å². The molecule has 2 heterocycles. The van der Waals surface area contributed by atoms with Crippen LogP contribution in [0.4, 0.5) is 33.0 Å². The molecule has 0 bridgehead atoms. The zero-order valence-corrected chi connectivity index (χ0v) is 19.0.